The number of alkyl halides is 3. The van der Waals surface area contributed by atoms with E-state index in [1.165, 1.54) is 6.07 Å². The average molecular weight is 536 g/mol. The molecule has 9 nitrogen and oxygen atoms in total. The van der Waals surface area contributed by atoms with E-state index < -0.39 is 18.0 Å². The van der Waals surface area contributed by atoms with Gasteiger partial charge in [0.2, 0.25) is 0 Å². The Morgan fingerprint density at radius 1 is 1.00 bits per heavy atom. The van der Waals surface area contributed by atoms with Crippen molar-refractivity contribution in [2.24, 2.45) is 0 Å². The number of ether oxygens (including phenoxy) is 3. The number of rotatable bonds is 14. The molecule has 0 bridgehead atoms. The lowest BCUT2D eigenvalue weighted by Gasteiger charge is -2.24. The summed E-state index contributed by atoms with van der Waals surface area (Å²) < 4.78 is 55.4. The number of benzene rings is 1. The molecule has 1 unspecified atom stereocenters. The lowest BCUT2D eigenvalue weighted by Crippen LogP contribution is -2.31. The third-order valence-corrected chi connectivity index (χ3v) is 5.49. The van der Waals surface area contributed by atoms with Gasteiger partial charge in [-0.3, -0.25) is 4.98 Å². The van der Waals surface area contributed by atoms with Crippen LogP contribution in [0.15, 0.2) is 48.7 Å². The zero-order valence-corrected chi connectivity index (χ0v) is 21.5. The highest BCUT2D eigenvalue weighted by molar-refractivity contribution is 5.68. The standard InChI is InChI=1S/C26H32F3N5O4/c1-30-16-20(35)17-38-21-6-4-5-18(13-21)25-32-22(19-7-8-23(31-15-19)26(27,28)29)14-24(33-25)34(9-11-36-2)10-12-37-3/h4-8,13-15,20,30,35H,9-12,16-17H2,1-3H3. The van der Waals surface area contributed by atoms with Crippen LogP contribution in [0.3, 0.4) is 0 Å². The van der Waals surface area contributed by atoms with Crippen molar-refractivity contribution in [1.82, 2.24) is 20.3 Å². The largest absolute Gasteiger partial charge is 0.491 e. The van der Waals surface area contributed by atoms with Crippen LogP contribution in [0.1, 0.15) is 5.69 Å². The fourth-order valence-corrected chi connectivity index (χ4v) is 3.54. The Balaban J connectivity index is 2.03. The second-order valence-corrected chi connectivity index (χ2v) is 8.39. The van der Waals surface area contributed by atoms with Crippen LogP contribution in [0.4, 0.5) is 19.0 Å². The summed E-state index contributed by atoms with van der Waals surface area (Å²) in [5.74, 6) is 1.41. The molecular formula is C26H32F3N5O4. The van der Waals surface area contributed by atoms with Gasteiger partial charge in [-0.1, -0.05) is 12.1 Å². The van der Waals surface area contributed by atoms with E-state index in [-0.39, 0.29) is 6.61 Å². The van der Waals surface area contributed by atoms with Crippen LogP contribution in [-0.2, 0) is 15.7 Å². The maximum atomic E-state index is 13.1. The van der Waals surface area contributed by atoms with Crippen LogP contribution in [0.5, 0.6) is 5.75 Å². The molecule has 206 valence electrons. The minimum Gasteiger partial charge on any atom is -0.491 e. The molecule has 1 atom stereocenters. The Bertz CT molecular complexity index is 1140. The van der Waals surface area contributed by atoms with Gasteiger partial charge in [-0.15, -0.1) is 0 Å². The summed E-state index contributed by atoms with van der Waals surface area (Å²) in [5.41, 5.74) is 0.459. The Kier molecular flexibility index (Phi) is 10.8. The van der Waals surface area contributed by atoms with E-state index in [1.807, 2.05) is 4.90 Å². The summed E-state index contributed by atoms with van der Waals surface area (Å²) in [6, 6.07) is 11.0. The van der Waals surface area contributed by atoms with Crippen molar-refractivity contribution in [2.45, 2.75) is 12.3 Å². The summed E-state index contributed by atoms with van der Waals surface area (Å²) in [7, 11) is 4.93. The maximum Gasteiger partial charge on any atom is 0.433 e. The molecule has 2 N–H and O–H groups in total. The summed E-state index contributed by atoms with van der Waals surface area (Å²) in [5, 5.41) is 12.8. The number of aliphatic hydroxyl groups excluding tert-OH is 1. The first-order chi connectivity index (χ1) is 18.2. The molecule has 0 aliphatic rings. The predicted molar refractivity (Wildman–Crippen MR) is 137 cm³/mol. The fraction of sp³-hybridized carbons (Fsp3) is 0.423. The molecule has 0 amide bonds. The van der Waals surface area contributed by atoms with Gasteiger partial charge in [-0.05, 0) is 31.3 Å². The molecule has 0 aliphatic carbocycles. The van der Waals surface area contributed by atoms with E-state index in [0.29, 0.717) is 67.1 Å². The number of halogens is 3. The SMILES string of the molecule is CNCC(O)COc1cccc(-c2nc(-c3ccc(C(F)(F)F)nc3)cc(N(CCOC)CCOC)n2)c1. The number of likely N-dealkylation sites (N-methyl/N-ethyl adjacent to an activating group) is 1. The summed E-state index contributed by atoms with van der Waals surface area (Å²) >= 11 is 0. The predicted octanol–water partition coefficient (Wildman–Crippen LogP) is 3.28. The van der Waals surface area contributed by atoms with E-state index >= 15 is 0 Å². The second kappa shape index (κ2) is 14.0. The second-order valence-electron chi connectivity index (χ2n) is 8.39. The highest BCUT2D eigenvalue weighted by Gasteiger charge is 2.32. The van der Waals surface area contributed by atoms with Crippen molar-refractivity contribution in [3.8, 4) is 28.4 Å². The number of hydrogen-bond acceptors (Lipinski definition) is 9. The van der Waals surface area contributed by atoms with E-state index in [2.05, 4.69) is 15.3 Å². The molecule has 1 aromatic carbocycles. The smallest absolute Gasteiger partial charge is 0.433 e. The zero-order chi connectivity index (χ0) is 27.5. The summed E-state index contributed by atoms with van der Waals surface area (Å²) in [4.78, 5) is 14.9. The van der Waals surface area contributed by atoms with Crippen LogP contribution in [0.25, 0.3) is 22.6 Å². The third kappa shape index (κ3) is 8.35. The van der Waals surface area contributed by atoms with Crippen LogP contribution in [0, 0.1) is 0 Å². The number of nitrogens with one attached hydrogen (secondary N) is 1. The first-order valence-corrected chi connectivity index (χ1v) is 12.0. The Labute approximate surface area is 219 Å². The minimum absolute atomic E-state index is 0.0927. The molecule has 0 aliphatic heterocycles. The van der Waals surface area contributed by atoms with Gasteiger partial charge in [-0.2, -0.15) is 13.2 Å². The lowest BCUT2D eigenvalue weighted by molar-refractivity contribution is -0.141. The topological polar surface area (TPSA) is 102 Å². The van der Waals surface area contributed by atoms with Gasteiger partial charge in [0, 0.05) is 57.2 Å². The van der Waals surface area contributed by atoms with Gasteiger partial charge in [0.25, 0.3) is 0 Å². The summed E-state index contributed by atoms with van der Waals surface area (Å²) in [6.07, 6.45) is -4.08. The van der Waals surface area contributed by atoms with Gasteiger partial charge in [0.05, 0.1) is 18.9 Å². The number of pyridine rings is 1. The lowest BCUT2D eigenvalue weighted by atomic mass is 10.1. The van der Waals surface area contributed by atoms with E-state index in [0.717, 1.165) is 12.3 Å². The molecule has 12 heteroatoms. The molecular weight excluding hydrogens is 503 g/mol. The van der Waals surface area contributed by atoms with Crippen LogP contribution < -0.4 is 15.0 Å². The highest BCUT2D eigenvalue weighted by atomic mass is 19.4. The fourth-order valence-electron chi connectivity index (χ4n) is 3.54. The quantitative estimate of drug-likeness (QED) is 0.322. The van der Waals surface area contributed by atoms with Gasteiger partial charge in [-0.25, -0.2) is 9.97 Å². The number of hydrogen-bond donors (Lipinski definition) is 2. The van der Waals surface area contributed by atoms with Crippen molar-refractivity contribution in [1.29, 1.82) is 0 Å². The number of methoxy groups -OCH3 is 2. The van der Waals surface area contributed by atoms with Gasteiger partial charge in [0.1, 0.15) is 30.0 Å². The van der Waals surface area contributed by atoms with Gasteiger partial charge in [0.15, 0.2) is 5.82 Å². The molecule has 3 rings (SSSR count). The van der Waals surface area contributed by atoms with Crippen molar-refractivity contribution in [2.75, 3.05) is 65.6 Å². The average Bonchev–Trinajstić information content (AvgIpc) is 2.92. The molecule has 2 aromatic heterocycles. The molecule has 0 fully saturated rings. The number of aromatic nitrogens is 3. The first kappa shape index (κ1) is 29.2. The van der Waals surface area contributed by atoms with Crippen molar-refractivity contribution in [3.63, 3.8) is 0 Å². The molecule has 3 aromatic rings. The highest BCUT2D eigenvalue weighted by Crippen LogP contribution is 2.31. The van der Waals surface area contributed by atoms with Crippen LogP contribution >= 0.6 is 0 Å². The molecule has 0 spiro atoms. The van der Waals surface area contributed by atoms with Crippen molar-refractivity contribution >= 4 is 5.82 Å². The Morgan fingerprint density at radius 2 is 1.74 bits per heavy atom. The number of anilines is 1. The maximum absolute atomic E-state index is 13.1. The molecule has 2 heterocycles. The Morgan fingerprint density at radius 3 is 2.34 bits per heavy atom. The molecule has 0 saturated heterocycles. The monoisotopic (exact) mass is 535 g/mol. The van der Waals surface area contributed by atoms with Gasteiger partial charge < -0.3 is 29.5 Å². The van der Waals surface area contributed by atoms with Crippen LogP contribution in [0.2, 0.25) is 0 Å². The van der Waals surface area contributed by atoms with Crippen molar-refractivity contribution in [3.05, 3.63) is 54.4 Å². The first-order valence-electron chi connectivity index (χ1n) is 12.0. The molecule has 0 saturated carbocycles. The van der Waals surface area contributed by atoms with Crippen LogP contribution in [-0.4, -0.2) is 86.9 Å². The third-order valence-electron chi connectivity index (χ3n) is 5.49. The normalized spacial score (nSPS) is 12.4. The van der Waals surface area contributed by atoms with E-state index in [4.69, 9.17) is 19.2 Å². The van der Waals surface area contributed by atoms with E-state index in [9.17, 15) is 18.3 Å². The molecule has 0 radical (unpaired) electrons. The van der Waals surface area contributed by atoms with E-state index in [1.54, 1.807) is 51.6 Å². The number of aliphatic hydroxyl groups is 1. The Hall–Kier alpha value is -3.32. The minimum atomic E-state index is -4.54. The summed E-state index contributed by atoms with van der Waals surface area (Å²) in [6.45, 7) is 2.35. The zero-order valence-electron chi connectivity index (χ0n) is 21.5. The number of nitrogens with zero attached hydrogens (tertiary/aromatic N) is 4. The van der Waals surface area contributed by atoms with Gasteiger partial charge >= 0.3 is 6.18 Å². The molecule has 38 heavy (non-hydrogen) atoms. The van der Waals surface area contributed by atoms with Crippen molar-refractivity contribution < 1.29 is 32.5 Å².